The highest BCUT2D eigenvalue weighted by Gasteiger charge is 2.30. The first-order chi connectivity index (χ1) is 9.72. The largest absolute Gasteiger partial charge is 0.312 e. The van der Waals surface area contributed by atoms with E-state index in [1.54, 1.807) is 12.1 Å². The van der Waals surface area contributed by atoms with E-state index < -0.39 is 0 Å². The summed E-state index contributed by atoms with van der Waals surface area (Å²) >= 11 is 0. The molecule has 3 rings (SSSR count). The number of hydrogen-bond acceptors (Lipinski definition) is 2. The summed E-state index contributed by atoms with van der Waals surface area (Å²) in [5.74, 6) is 0.484. The Bertz CT molecular complexity index is 419. The molecule has 1 saturated heterocycles. The molecule has 1 aliphatic carbocycles. The Hall–Kier alpha value is -0.930. The molecule has 3 heteroatoms. The van der Waals surface area contributed by atoms with Gasteiger partial charge in [0.2, 0.25) is 0 Å². The summed E-state index contributed by atoms with van der Waals surface area (Å²) in [6.07, 6.45) is 5.11. The molecule has 1 aliphatic heterocycles. The molecule has 1 unspecified atom stereocenters. The summed E-state index contributed by atoms with van der Waals surface area (Å²) in [5.41, 5.74) is 1.29. The monoisotopic (exact) mass is 276 g/mol. The van der Waals surface area contributed by atoms with Crippen LogP contribution in [-0.2, 0) is 0 Å². The molecule has 1 aromatic carbocycles. The summed E-state index contributed by atoms with van der Waals surface area (Å²) in [5, 5.41) is 3.69. The van der Waals surface area contributed by atoms with Crippen molar-refractivity contribution in [3.8, 4) is 0 Å². The van der Waals surface area contributed by atoms with Crippen LogP contribution in [0.2, 0.25) is 0 Å². The quantitative estimate of drug-likeness (QED) is 0.889. The van der Waals surface area contributed by atoms with E-state index in [-0.39, 0.29) is 5.82 Å². The molecular formula is C17H25FN2. The Kier molecular flexibility index (Phi) is 4.37. The predicted molar refractivity (Wildman–Crippen MR) is 80.4 cm³/mol. The molecule has 1 N–H and O–H groups in total. The van der Waals surface area contributed by atoms with E-state index in [9.17, 15) is 4.39 Å². The molecule has 0 aromatic heterocycles. The molecule has 2 nitrogen and oxygen atoms in total. The van der Waals surface area contributed by atoms with Crippen LogP contribution in [0.3, 0.4) is 0 Å². The van der Waals surface area contributed by atoms with Crippen LogP contribution in [0.1, 0.15) is 44.1 Å². The third kappa shape index (κ3) is 3.21. The standard InChI is InChI=1S/C17H25FN2/c1-13(20-8-2-3-9-20)12-19-17-10-15(11-17)14-4-6-16(18)7-5-14/h4-7,13,15,17,19H,2-3,8-12H2,1H3. The first-order valence-corrected chi connectivity index (χ1v) is 7.95. The van der Waals surface area contributed by atoms with Crippen LogP contribution in [0, 0.1) is 5.82 Å². The highest BCUT2D eigenvalue weighted by atomic mass is 19.1. The van der Waals surface area contributed by atoms with Crippen LogP contribution in [-0.4, -0.2) is 36.6 Å². The Labute approximate surface area is 121 Å². The molecule has 2 aliphatic rings. The van der Waals surface area contributed by atoms with Gasteiger partial charge in [0, 0.05) is 18.6 Å². The van der Waals surface area contributed by atoms with E-state index in [1.807, 2.05) is 12.1 Å². The normalized spacial score (nSPS) is 28.3. The maximum Gasteiger partial charge on any atom is 0.123 e. The van der Waals surface area contributed by atoms with Crippen molar-refractivity contribution in [2.24, 2.45) is 0 Å². The van der Waals surface area contributed by atoms with Gasteiger partial charge in [0.1, 0.15) is 5.82 Å². The molecular weight excluding hydrogens is 251 g/mol. The highest BCUT2D eigenvalue weighted by Crippen LogP contribution is 2.36. The first kappa shape index (κ1) is 14.0. The summed E-state index contributed by atoms with van der Waals surface area (Å²) in [6.45, 7) is 5.96. The second-order valence-corrected chi connectivity index (χ2v) is 6.42. The third-order valence-corrected chi connectivity index (χ3v) is 4.95. The first-order valence-electron chi connectivity index (χ1n) is 7.95. The minimum atomic E-state index is -0.137. The number of hydrogen-bond donors (Lipinski definition) is 1. The fourth-order valence-corrected chi connectivity index (χ4v) is 3.44. The van der Waals surface area contributed by atoms with Crippen molar-refractivity contribution in [1.82, 2.24) is 10.2 Å². The van der Waals surface area contributed by atoms with Gasteiger partial charge in [0.05, 0.1) is 0 Å². The molecule has 110 valence electrons. The minimum Gasteiger partial charge on any atom is -0.312 e. The lowest BCUT2D eigenvalue weighted by Gasteiger charge is -2.38. The van der Waals surface area contributed by atoms with Gasteiger partial charge >= 0.3 is 0 Å². The minimum absolute atomic E-state index is 0.137. The lowest BCUT2D eigenvalue weighted by Crippen LogP contribution is -2.46. The summed E-state index contributed by atoms with van der Waals surface area (Å²) in [7, 11) is 0. The van der Waals surface area contributed by atoms with Crippen molar-refractivity contribution in [2.75, 3.05) is 19.6 Å². The molecule has 1 heterocycles. The van der Waals surface area contributed by atoms with Gasteiger partial charge in [0.15, 0.2) is 0 Å². The Morgan fingerprint density at radius 2 is 1.85 bits per heavy atom. The molecule has 1 atom stereocenters. The molecule has 2 fully saturated rings. The number of benzene rings is 1. The predicted octanol–water partition coefficient (Wildman–Crippen LogP) is 3.15. The summed E-state index contributed by atoms with van der Waals surface area (Å²) in [4.78, 5) is 2.59. The van der Waals surface area contributed by atoms with Crippen molar-refractivity contribution < 1.29 is 4.39 Å². The molecule has 0 spiro atoms. The lowest BCUT2D eigenvalue weighted by molar-refractivity contribution is 0.219. The van der Waals surface area contributed by atoms with Gasteiger partial charge in [0.25, 0.3) is 0 Å². The molecule has 0 amide bonds. The number of nitrogens with zero attached hydrogens (tertiary/aromatic N) is 1. The zero-order chi connectivity index (χ0) is 13.9. The van der Waals surface area contributed by atoms with Crippen LogP contribution in [0.15, 0.2) is 24.3 Å². The van der Waals surface area contributed by atoms with Gasteiger partial charge in [-0.05, 0) is 69.3 Å². The third-order valence-electron chi connectivity index (χ3n) is 4.95. The maximum atomic E-state index is 12.9. The number of likely N-dealkylation sites (tertiary alicyclic amines) is 1. The van der Waals surface area contributed by atoms with Gasteiger partial charge in [-0.25, -0.2) is 4.39 Å². The zero-order valence-corrected chi connectivity index (χ0v) is 12.3. The second kappa shape index (κ2) is 6.23. The molecule has 1 saturated carbocycles. The molecule has 0 radical (unpaired) electrons. The SMILES string of the molecule is CC(CNC1CC(c2ccc(F)cc2)C1)N1CCCC1. The van der Waals surface area contributed by atoms with E-state index >= 15 is 0 Å². The zero-order valence-electron chi connectivity index (χ0n) is 12.3. The van der Waals surface area contributed by atoms with Crippen LogP contribution in [0.4, 0.5) is 4.39 Å². The molecule has 20 heavy (non-hydrogen) atoms. The lowest BCUT2D eigenvalue weighted by atomic mass is 9.76. The van der Waals surface area contributed by atoms with Crippen LogP contribution in [0.5, 0.6) is 0 Å². The number of rotatable bonds is 5. The second-order valence-electron chi connectivity index (χ2n) is 6.42. The van der Waals surface area contributed by atoms with E-state index in [4.69, 9.17) is 0 Å². The Balaban J connectivity index is 1.38. The van der Waals surface area contributed by atoms with E-state index in [2.05, 4.69) is 17.1 Å². The fraction of sp³-hybridized carbons (Fsp3) is 0.647. The van der Waals surface area contributed by atoms with Crippen LogP contribution < -0.4 is 5.32 Å². The van der Waals surface area contributed by atoms with Crippen molar-refractivity contribution in [3.63, 3.8) is 0 Å². The topological polar surface area (TPSA) is 15.3 Å². The van der Waals surface area contributed by atoms with Crippen molar-refractivity contribution in [2.45, 2.75) is 50.6 Å². The van der Waals surface area contributed by atoms with Crippen molar-refractivity contribution in [3.05, 3.63) is 35.6 Å². The molecule has 0 bridgehead atoms. The van der Waals surface area contributed by atoms with Gasteiger partial charge in [-0.15, -0.1) is 0 Å². The summed E-state index contributed by atoms with van der Waals surface area (Å²) in [6, 6.07) is 8.32. The Morgan fingerprint density at radius 1 is 1.20 bits per heavy atom. The van der Waals surface area contributed by atoms with Crippen molar-refractivity contribution >= 4 is 0 Å². The maximum absolute atomic E-state index is 12.9. The number of halogens is 1. The van der Waals surface area contributed by atoms with E-state index in [1.165, 1.54) is 44.3 Å². The van der Waals surface area contributed by atoms with Crippen molar-refractivity contribution in [1.29, 1.82) is 0 Å². The fourth-order valence-electron chi connectivity index (χ4n) is 3.44. The van der Waals surface area contributed by atoms with E-state index in [0.29, 0.717) is 18.0 Å². The average Bonchev–Trinajstić information content (AvgIpc) is 2.92. The van der Waals surface area contributed by atoms with Crippen LogP contribution >= 0.6 is 0 Å². The Morgan fingerprint density at radius 3 is 2.50 bits per heavy atom. The smallest absolute Gasteiger partial charge is 0.123 e. The van der Waals surface area contributed by atoms with Crippen LogP contribution in [0.25, 0.3) is 0 Å². The van der Waals surface area contributed by atoms with Gasteiger partial charge < -0.3 is 5.32 Å². The average molecular weight is 276 g/mol. The van der Waals surface area contributed by atoms with Gasteiger partial charge in [-0.1, -0.05) is 12.1 Å². The van der Waals surface area contributed by atoms with E-state index in [0.717, 1.165) is 6.54 Å². The van der Waals surface area contributed by atoms with Gasteiger partial charge in [-0.2, -0.15) is 0 Å². The number of nitrogens with one attached hydrogen (secondary N) is 1. The molecule has 1 aromatic rings. The summed E-state index contributed by atoms with van der Waals surface area (Å²) < 4.78 is 12.9. The highest BCUT2D eigenvalue weighted by molar-refractivity contribution is 5.23. The van der Waals surface area contributed by atoms with Gasteiger partial charge in [-0.3, -0.25) is 4.90 Å².